The number of aryl methyl sites for hydroxylation is 1. The van der Waals surface area contributed by atoms with E-state index in [4.69, 9.17) is 49.1 Å². The zero-order valence-electron chi connectivity index (χ0n) is 33.7. The number of carbonyl (C=O) groups excluding carboxylic acids is 1. The molecule has 1 aromatic carbocycles. The van der Waals surface area contributed by atoms with Gasteiger partial charge in [0.05, 0.1) is 39.2 Å². The SMILES string of the molecule is C=S.CC.CC(C)C.O=CO.[B]C([B])(C)C([B])([B])CCCCC.[B]C1CC2C3CCc4cc(N5CCC(NC)CC5)ccc4C3CCC2(C)C1=O. The molecule has 5 nitrogen and oxygen atoms in total. The van der Waals surface area contributed by atoms with Gasteiger partial charge in [-0.1, -0.05) is 99.4 Å². The summed E-state index contributed by atoms with van der Waals surface area (Å²) in [5.41, 5.74) is 4.38. The van der Waals surface area contributed by atoms with E-state index < -0.39 is 10.4 Å². The molecule has 11 heteroatoms. The second-order valence-electron chi connectivity index (χ2n) is 15.6. The van der Waals surface area contributed by atoms with Crippen molar-refractivity contribution in [1.82, 2.24) is 5.32 Å². The zero-order valence-corrected chi connectivity index (χ0v) is 34.5. The van der Waals surface area contributed by atoms with Crippen molar-refractivity contribution < 1.29 is 14.7 Å². The van der Waals surface area contributed by atoms with E-state index in [9.17, 15) is 4.79 Å². The number of hydrogen-bond donors (Lipinski definition) is 2. The Hall–Kier alpha value is -1.47. The number of unbranched alkanes of at least 4 members (excludes halogenated alkanes) is 2. The van der Waals surface area contributed by atoms with Gasteiger partial charge in [0.2, 0.25) is 0 Å². The van der Waals surface area contributed by atoms with Gasteiger partial charge < -0.3 is 15.3 Å². The van der Waals surface area contributed by atoms with Crippen molar-refractivity contribution in [3.63, 3.8) is 0 Å². The standard InChI is InChI=1S/C24H33BN2O.C8H14B4.C4H10.C2H6.CH2O2.CH2S/c1-24-10-7-19-18-6-4-17(27-11-8-16(26-2)9-12-27)13-15(18)3-5-20(19)21(24)14-22(25)23(24)28;1-3-4-5-6-8(11,12)7(2,9)10;1-4(2)3;1-2;2-1-3;1-2/h4,6,13,16,19-22,26H,3,5,7-12,14H2,1-2H3;3-6H2,1-2H3;4H,1-3H3;1-2H3;1H,(H,2,3);1H2. The molecule has 0 amide bonds. The van der Waals surface area contributed by atoms with Gasteiger partial charge in [0.15, 0.2) is 0 Å². The first kappa shape index (κ1) is 49.5. The van der Waals surface area contributed by atoms with Crippen molar-refractivity contribution in [2.45, 2.75) is 154 Å². The minimum absolute atomic E-state index is 0.157. The van der Waals surface area contributed by atoms with Crippen molar-refractivity contribution in [3.05, 3.63) is 29.3 Å². The Morgan fingerprint density at radius 1 is 1.08 bits per heavy atom. The maximum atomic E-state index is 12.7. The van der Waals surface area contributed by atoms with Crippen LogP contribution < -0.4 is 10.2 Å². The fourth-order valence-corrected chi connectivity index (χ4v) is 7.99. The molecule has 0 aromatic heterocycles. The van der Waals surface area contributed by atoms with E-state index in [1.54, 1.807) is 18.1 Å². The summed E-state index contributed by atoms with van der Waals surface area (Å²) >= 11 is 3.83. The van der Waals surface area contributed by atoms with E-state index in [-0.39, 0.29) is 17.7 Å². The largest absolute Gasteiger partial charge is 0.483 e. The highest BCUT2D eigenvalue weighted by atomic mass is 32.1. The normalized spacial score (nSPS) is 25.1. The van der Waals surface area contributed by atoms with Crippen LogP contribution in [-0.2, 0) is 16.0 Å². The molecular formula is C40H67B5N2O3S. The molecule has 3 fully saturated rings. The van der Waals surface area contributed by atoms with Crippen molar-refractivity contribution in [2.24, 2.45) is 23.2 Å². The summed E-state index contributed by atoms with van der Waals surface area (Å²) < 4.78 is 0. The van der Waals surface area contributed by atoms with Gasteiger partial charge >= 0.3 is 0 Å². The molecule has 0 bridgehead atoms. The molecule has 5 rings (SSSR count). The fraction of sp³-hybridized carbons (Fsp3) is 0.775. The zero-order chi connectivity index (χ0) is 39.6. The first-order valence-electron chi connectivity index (χ1n) is 19.3. The molecule has 5 atom stereocenters. The van der Waals surface area contributed by atoms with Crippen molar-refractivity contribution >= 4 is 75.3 Å². The molecule has 3 aliphatic carbocycles. The number of anilines is 1. The molecule has 1 saturated heterocycles. The van der Waals surface area contributed by atoms with Crippen LogP contribution in [-0.4, -0.2) is 88.6 Å². The molecular weight excluding hydrogens is 643 g/mol. The van der Waals surface area contributed by atoms with Crippen molar-refractivity contribution in [1.29, 1.82) is 0 Å². The van der Waals surface area contributed by atoms with Crippen LogP contribution >= 0.6 is 12.2 Å². The number of fused-ring (bicyclic) bond motifs is 5. The predicted molar refractivity (Wildman–Crippen MR) is 229 cm³/mol. The second kappa shape index (κ2) is 24.0. The lowest BCUT2D eigenvalue weighted by molar-refractivity contribution is -0.129. The first-order valence-corrected chi connectivity index (χ1v) is 19.9. The quantitative estimate of drug-likeness (QED) is 0.128. The number of rotatable bonds is 7. The molecule has 1 aliphatic heterocycles. The van der Waals surface area contributed by atoms with Crippen LogP contribution in [0.2, 0.25) is 16.2 Å². The van der Waals surface area contributed by atoms with Gasteiger partial charge in [0, 0.05) is 30.2 Å². The monoisotopic (exact) mass is 711 g/mol. The highest BCUT2D eigenvalue weighted by molar-refractivity contribution is 7.77. The van der Waals surface area contributed by atoms with Gasteiger partial charge in [0.25, 0.3) is 6.47 Å². The molecule has 276 valence electrons. The molecule has 0 spiro atoms. The van der Waals surface area contributed by atoms with E-state index >= 15 is 0 Å². The lowest BCUT2D eigenvalue weighted by Crippen LogP contribution is -2.43. The number of nitrogens with one attached hydrogen (secondary N) is 1. The van der Waals surface area contributed by atoms with E-state index in [0.29, 0.717) is 36.0 Å². The van der Waals surface area contributed by atoms with Crippen molar-refractivity contribution in [2.75, 3.05) is 25.0 Å². The predicted octanol–water partition coefficient (Wildman–Crippen LogP) is 8.37. The minimum Gasteiger partial charge on any atom is -0.483 e. The average Bonchev–Trinajstić information content (AvgIpc) is 3.33. The number of piperidine rings is 1. The summed E-state index contributed by atoms with van der Waals surface area (Å²) in [4.78, 5) is 23.6. The highest BCUT2D eigenvalue weighted by Gasteiger charge is 2.56. The van der Waals surface area contributed by atoms with Gasteiger partial charge in [-0.05, 0) is 111 Å². The summed E-state index contributed by atoms with van der Waals surface area (Å²) in [6, 6.07) is 7.93. The summed E-state index contributed by atoms with van der Waals surface area (Å²) in [7, 11) is 31.1. The summed E-state index contributed by atoms with van der Waals surface area (Å²) in [5, 5.41) is 8.36. The van der Waals surface area contributed by atoms with Crippen LogP contribution in [0, 0.1) is 23.2 Å². The molecule has 2 N–H and O–H groups in total. The minimum atomic E-state index is -0.999. The number of ketones is 1. The van der Waals surface area contributed by atoms with Crippen LogP contribution in [0.3, 0.4) is 0 Å². The molecule has 1 aromatic rings. The molecule has 1 heterocycles. The maximum absolute atomic E-state index is 12.7. The van der Waals surface area contributed by atoms with Gasteiger partial charge in [-0.3, -0.25) is 9.59 Å². The Kier molecular flexibility index (Phi) is 23.4. The number of thiocarbonyl (C=S) groups is 1. The third-order valence-electron chi connectivity index (χ3n) is 11.0. The second-order valence-corrected chi connectivity index (χ2v) is 15.6. The van der Waals surface area contributed by atoms with Crippen LogP contribution in [0.25, 0.3) is 0 Å². The van der Waals surface area contributed by atoms with E-state index in [2.05, 4.69) is 88.2 Å². The van der Waals surface area contributed by atoms with Crippen LogP contribution in [0.15, 0.2) is 18.2 Å². The van der Waals surface area contributed by atoms with Crippen LogP contribution in [0.5, 0.6) is 0 Å². The highest BCUT2D eigenvalue weighted by Crippen LogP contribution is 2.61. The summed E-state index contributed by atoms with van der Waals surface area (Å²) in [6.07, 6.45) is 11.8. The summed E-state index contributed by atoms with van der Waals surface area (Å²) in [5.74, 6) is 5.53. The number of hydrogen-bond acceptors (Lipinski definition) is 5. The third kappa shape index (κ3) is 14.4. The number of nitrogens with zero attached hydrogens (tertiary/aromatic N) is 1. The summed E-state index contributed by atoms with van der Waals surface area (Å²) in [6.45, 7) is 18.5. The fourth-order valence-electron chi connectivity index (χ4n) is 7.99. The van der Waals surface area contributed by atoms with Gasteiger partial charge in [-0.15, -0.1) is 10.4 Å². The Labute approximate surface area is 325 Å². The van der Waals surface area contributed by atoms with E-state index in [1.165, 1.54) is 24.9 Å². The Bertz CT molecular complexity index is 1140. The van der Waals surface area contributed by atoms with E-state index in [0.717, 1.165) is 64.0 Å². The van der Waals surface area contributed by atoms with Crippen LogP contribution in [0.1, 0.15) is 137 Å². The molecule has 2 saturated carbocycles. The topological polar surface area (TPSA) is 69.6 Å². The first-order chi connectivity index (χ1) is 24.0. The van der Waals surface area contributed by atoms with Crippen molar-refractivity contribution in [3.8, 4) is 0 Å². The molecule has 5 unspecified atom stereocenters. The lowest BCUT2D eigenvalue weighted by Gasteiger charge is -2.48. The third-order valence-corrected chi connectivity index (χ3v) is 11.0. The van der Waals surface area contributed by atoms with E-state index in [1.807, 2.05) is 13.8 Å². The number of benzene rings is 1. The number of Topliss-reactive ketones (excluding diaryl/α,β-unsaturated/α-hetero) is 1. The Balaban J connectivity index is 0.000000910. The number of carboxylic acid groups (broad SMARTS) is 1. The number of carbonyl (C=O) groups is 2. The van der Waals surface area contributed by atoms with Gasteiger partial charge in [-0.2, -0.15) is 0 Å². The molecule has 51 heavy (non-hydrogen) atoms. The van der Waals surface area contributed by atoms with Crippen LogP contribution in [0.4, 0.5) is 5.69 Å². The van der Waals surface area contributed by atoms with Gasteiger partial charge in [0.1, 0.15) is 5.78 Å². The smallest absolute Gasteiger partial charge is 0.290 e. The molecule has 10 radical (unpaired) electrons. The molecule has 4 aliphatic rings. The Morgan fingerprint density at radius 2 is 1.63 bits per heavy atom. The average molecular weight is 710 g/mol. The lowest BCUT2D eigenvalue weighted by atomic mass is 9.29. The van der Waals surface area contributed by atoms with Gasteiger partial charge in [-0.25, -0.2) is 0 Å². The Morgan fingerprint density at radius 3 is 2.12 bits per heavy atom. The maximum Gasteiger partial charge on any atom is 0.290 e.